The minimum atomic E-state index is -1.08. The van der Waals surface area contributed by atoms with Crippen molar-refractivity contribution >= 4 is 17.3 Å². The van der Waals surface area contributed by atoms with Crippen LogP contribution in [0.3, 0.4) is 0 Å². The van der Waals surface area contributed by atoms with E-state index in [9.17, 15) is 14.4 Å². The van der Waals surface area contributed by atoms with Crippen molar-refractivity contribution in [3.8, 4) is 6.07 Å². The van der Waals surface area contributed by atoms with E-state index in [1.54, 1.807) is 12.1 Å². The molecule has 3 rings (SSSR count). The molecule has 1 heterocycles. The zero-order chi connectivity index (χ0) is 15.0. The molecule has 0 spiro atoms. The lowest BCUT2D eigenvalue weighted by Gasteiger charge is -2.21. The normalized spacial score (nSPS) is 12.9. The number of aromatic carboxylic acids is 1. The molecule has 104 valence electrons. The van der Waals surface area contributed by atoms with E-state index in [-0.39, 0.29) is 16.9 Å². The molecule has 0 aliphatic carbocycles. The molecule has 0 bridgehead atoms. The molecule has 1 aliphatic rings. The van der Waals surface area contributed by atoms with Gasteiger partial charge in [-0.15, -0.1) is 0 Å². The highest BCUT2D eigenvalue weighted by molar-refractivity contribution is 5.89. The predicted octanol–water partition coefficient (Wildman–Crippen LogP) is 3.09. The van der Waals surface area contributed by atoms with Gasteiger partial charge in [0.1, 0.15) is 11.9 Å². The summed E-state index contributed by atoms with van der Waals surface area (Å²) in [4.78, 5) is 12.8. The molecule has 1 aliphatic heterocycles. The molecule has 0 fully saturated rings. The fourth-order valence-corrected chi connectivity index (χ4v) is 2.60. The van der Waals surface area contributed by atoms with E-state index in [0.717, 1.165) is 17.7 Å². The number of carboxylic acid groups (broad SMARTS) is 1. The molecular weight excluding hydrogens is 271 g/mol. The summed E-state index contributed by atoms with van der Waals surface area (Å²) in [6.07, 6.45) is 0.765. The molecule has 0 saturated carbocycles. The van der Waals surface area contributed by atoms with Crippen LogP contribution in [0.4, 0.5) is 15.8 Å². The lowest BCUT2D eigenvalue weighted by molar-refractivity contribution is 0.0697. The number of hydrogen-bond donors (Lipinski definition) is 1. The van der Waals surface area contributed by atoms with Gasteiger partial charge in [0.2, 0.25) is 0 Å². The Bertz CT molecular complexity index is 780. The summed E-state index contributed by atoms with van der Waals surface area (Å²) in [6, 6.07) is 11.0. The Morgan fingerprint density at radius 3 is 2.76 bits per heavy atom. The number of nitrogens with zero attached hydrogens (tertiary/aromatic N) is 2. The van der Waals surface area contributed by atoms with E-state index >= 15 is 0 Å². The first-order valence-electron chi connectivity index (χ1n) is 6.43. The van der Waals surface area contributed by atoms with Crippen molar-refractivity contribution in [3.63, 3.8) is 0 Å². The van der Waals surface area contributed by atoms with Crippen LogP contribution in [0.15, 0.2) is 36.4 Å². The third-order valence-corrected chi connectivity index (χ3v) is 3.60. The average Bonchev–Trinajstić information content (AvgIpc) is 2.89. The third kappa shape index (κ3) is 2.21. The highest BCUT2D eigenvalue weighted by atomic mass is 19.1. The molecule has 21 heavy (non-hydrogen) atoms. The van der Waals surface area contributed by atoms with Crippen LogP contribution in [0.2, 0.25) is 0 Å². The van der Waals surface area contributed by atoms with Gasteiger partial charge in [-0.2, -0.15) is 5.26 Å². The highest BCUT2D eigenvalue weighted by Crippen LogP contribution is 2.36. The van der Waals surface area contributed by atoms with E-state index in [4.69, 9.17) is 5.11 Å². The largest absolute Gasteiger partial charge is 0.478 e. The van der Waals surface area contributed by atoms with Crippen molar-refractivity contribution in [1.29, 1.82) is 5.26 Å². The first kappa shape index (κ1) is 13.1. The Kier molecular flexibility index (Phi) is 3.07. The summed E-state index contributed by atoms with van der Waals surface area (Å²) in [7, 11) is 0. The monoisotopic (exact) mass is 282 g/mol. The number of halogens is 1. The molecule has 0 unspecified atom stereocenters. The second kappa shape index (κ2) is 4.91. The first-order valence-corrected chi connectivity index (χ1v) is 6.43. The fourth-order valence-electron chi connectivity index (χ4n) is 2.60. The summed E-state index contributed by atoms with van der Waals surface area (Å²) in [5, 5.41) is 18.2. The molecule has 0 saturated heterocycles. The Labute approximate surface area is 120 Å². The zero-order valence-electron chi connectivity index (χ0n) is 11.0. The molecule has 0 atom stereocenters. The second-order valence-corrected chi connectivity index (χ2v) is 4.82. The van der Waals surface area contributed by atoms with Crippen LogP contribution in [0.5, 0.6) is 0 Å². The number of carboxylic acids is 1. The van der Waals surface area contributed by atoms with Crippen LogP contribution in [-0.4, -0.2) is 17.6 Å². The summed E-state index contributed by atoms with van der Waals surface area (Å²) in [5.41, 5.74) is 2.69. The van der Waals surface area contributed by atoms with Gasteiger partial charge >= 0.3 is 5.97 Å². The Hall–Kier alpha value is -2.87. The van der Waals surface area contributed by atoms with Crippen LogP contribution in [-0.2, 0) is 6.42 Å². The molecule has 0 amide bonds. The maximum Gasteiger partial charge on any atom is 0.335 e. The molecule has 1 N–H and O–H groups in total. The van der Waals surface area contributed by atoms with Gasteiger partial charge in [-0.1, -0.05) is 6.07 Å². The average molecular weight is 282 g/mol. The van der Waals surface area contributed by atoms with Crippen molar-refractivity contribution in [3.05, 3.63) is 58.9 Å². The van der Waals surface area contributed by atoms with Gasteiger partial charge in [0.25, 0.3) is 0 Å². The van der Waals surface area contributed by atoms with Crippen LogP contribution in [0, 0.1) is 17.1 Å². The number of carbonyl (C=O) groups is 1. The van der Waals surface area contributed by atoms with Gasteiger partial charge in [-0.3, -0.25) is 0 Å². The Balaban J connectivity index is 2.09. The van der Waals surface area contributed by atoms with Crippen molar-refractivity contribution in [1.82, 2.24) is 0 Å². The molecule has 5 heteroatoms. The summed E-state index contributed by atoms with van der Waals surface area (Å²) < 4.78 is 13.4. The van der Waals surface area contributed by atoms with Crippen LogP contribution in [0.25, 0.3) is 0 Å². The number of nitriles is 1. The van der Waals surface area contributed by atoms with Crippen molar-refractivity contribution in [2.24, 2.45) is 0 Å². The Morgan fingerprint density at radius 2 is 2.05 bits per heavy atom. The summed E-state index contributed by atoms with van der Waals surface area (Å²) >= 11 is 0. The number of hydrogen-bond acceptors (Lipinski definition) is 3. The summed E-state index contributed by atoms with van der Waals surface area (Å²) in [6.45, 7) is 0.639. The number of benzene rings is 2. The second-order valence-electron chi connectivity index (χ2n) is 4.82. The van der Waals surface area contributed by atoms with E-state index in [1.807, 2.05) is 11.0 Å². The SMILES string of the molecule is N#Cc1cc(C(=O)O)ccc1N1CCc2ccc(F)cc21. The maximum atomic E-state index is 13.4. The standard InChI is InChI=1S/C16H11FN2O2/c17-13-3-1-10-5-6-19(15(10)8-13)14-4-2-11(16(20)21)7-12(14)9-18/h1-4,7-8H,5-6H2,(H,20,21). The van der Waals surface area contributed by atoms with E-state index in [2.05, 4.69) is 0 Å². The van der Waals surface area contributed by atoms with Gasteiger partial charge < -0.3 is 10.0 Å². The molecule has 0 radical (unpaired) electrons. The topological polar surface area (TPSA) is 64.3 Å². The van der Waals surface area contributed by atoms with Gasteiger partial charge in [0.05, 0.1) is 16.8 Å². The minimum absolute atomic E-state index is 0.0639. The number of anilines is 2. The van der Waals surface area contributed by atoms with Gasteiger partial charge in [-0.25, -0.2) is 9.18 Å². The van der Waals surface area contributed by atoms with Crippen LogP contribution < -0.4 is 4.90 Å². The first-order chi connectivity index (χ1) is 10.1. The van der Waals surface area contributed by atoms with Crippen LogP contribution in [0.1, 0.15) is 21.5 Å². The van der Waals surface area contributed by atoms with E-state index < -0.39 is 5.97 Å². The fraction of sp³-hybridized carbons (Fsp3) is 0.125. The molecule has 2 aromatic carbocycles. The van der Waals surface area contributed by atoms with Gasteiger partial charge in [-0.05, 0) is 42.3 Å². The Morgan fingerprint density at radius 1 is 1.24 bits per heavy atom. The zero-order valence-corrected chi connectivity index (χ0v) is 11.0. The molecule has 0 aromatic heterocycles. The summed E-state index contributed by atoms with van der Waals surface area (Å²) in [5.74, 6) is -1.41. The molecule has 2 aromatic rings. The number of fused-ring (bicyclic) bond motifs is 1. The lowest BCUT2D eigenvalue weighted by Crippen LogP contribution is -2.15. The van der Waals surface area contributed by atoms with Gasteiger partial charge in [0, 0.05) is 12.2 Å². The number of rotatable bonds is 2. The lowest BCUT2D eigenvalue weighted by atomic mass is 10.1. The maximum absolute atomic E-state index is 13.4. The van der Waals surface area contributed by atoms with Crippen molar-refractivity contribution in [2.75, 3.05) is 11.4 Å². The van der Waals surface area contributed by atoms with Gasteiger partial charge in [0.15, 0.2) is 0 Å². The van der Waals surface area contributed by atoms with Crippen molar-refractivity contribution < 1.29 is 14.3 Å². The third-order valence-electron chi connectivity index (χ3n) is 3.60. The quantitative estimate of drug-likeness (QED) is 0.919. The molecular formula is C16H11FN2O2. The smallest absolute Gasteiger partial charge is 0.335 e. The van der Waals surface area contributed by atoms with Crippen LogP contribution >= 0.6 is 0 Å². The minimum Gasteiger partial charge on any atom is -0.478 e. The predicted molar refractivity (Wildman–Crippen MR) is 75.2 cm³/mol. The highest BCUT2D eigenvalue weighted by Gasteiger charge is 2.23. The van der Waals surface area contributed by atoms with Crippen molar-refractivity contribution in [2.45, 2.75) is 6.42 Å². The molecule has 4 nitrogen and oxygen atoms in total. The van der Waals surface area contributed by atoms with E-state index in [0.29, 0.717) is 12.2 Å². The van der Waals surface area contributed by atoms with E-state index in [1.165, 1.54) is 24.3 Å².